The van der Waals surface area contributed by atoms with Crippen molar-refractivity contribution in [3.05, 3.63) is 28.8 Å². The molecule has 1 amide bonds. The number of piperidine rings is 1. The summed E-state index contributed by atoms with van der Waals surface area (Å²) in [5.74, 6) is 1.54. The fraction of sp³-hybridized carbons (Fsp3) is 0.650. The molecule has 0 aliphatic carbocycles. The summed E-state index contributed by atoms with van der Waals surface area (Å²) >= 11 is 7.88. The molecule has 1 aromatic carbocycles. The second-order valence-corrected chi connectivity index (χ2v) is 9.32. The number of nitrogens with zero attached hydrogens (tertiary/aromatic N) is 2. The van der Waals surface area contributed by atoms with Gasteiger partial charge >= 0.3 is 0 Å². The van der Waals surface area contributed by atoms with Crippen molar-refractivity contribution in [2.75, 3.05) is 33.3 Å². The number of ether oxygens (including phenoxy) is 1. The SMILES string of the molecule is COc1ccc(Cl)c(CC2CCN(CC3CN(C(C)C)C(=O)S3)CC2)c1. The Morgan fingerprint density at radius 3 is 2.65 bits per heavy atom. The van der Waals surface area contributed by atoms with E-state index in [1.165, 1.54) is 30.2 Å². The average Bonchev–Trinajstić information content (AvgIpc) is 2.99. The highest BCUT2D eigenvalue weighted by molar-refractivity contribution is 8.14. The molecule has 4 nitrogen and oxygen atoms in total. The lowest BCUT2D eigenvalue weighted by Crippen LogP contribution is -2.40. The summed E-state index contributed by atoms with van der Waals surface area (Å²) in [5, 5.41) is 1.49. The molecule has 2 fully saturated rings. The van der Waals surface area contributed by atoms with Crippen LogP contribution in [-0.4, -0.2) is 59.6 Å². The first-order valence-corrected chi connectivity index (χ1v) is 10.7. The zero-order chi connectivity index (χ0) is 18.7. The van der Waals surface area contributed by atoms with E-state index in [9.17, 15) is 4.79 Å². The molecule has 3 rings (SSSR count). The first-order chi connectivity index (χ1) is 12.5. The smallest absolute Gasteiger partial charge is 0.282 e. The minimum absolute atomic E-state index is 0.243. The molecule has 0 spiro atoms. The van der Waals surface area contributed by atoms with E-state index in [2.05, 4.69) is 24.8 Å². The molecule has 0 bridgehead atoms. The molecule has 1 atom stereocenters. The van der Waals surface area contributed by atoms with Crippen LogP contribution in [-0.2, 0) is 6.42 Å². The van der Waals surface area contributed by atoms with Crippen LogP contribution < -0.4 is 4.74 Å². The normalized spacial score (nSPS) is 22.4. The van der Waals surface area contributed by atoms with Crippen LogP contribution in [0.4, 0.5) is 4.79 Å². The predicted molar refractivity (Wildman–Crippen MR) is 109 cm³/mol. The maximum absolute atomic E-state index is 12.1. The number of amides is 1. The Morgan fingerprint density at radius 2 is 2.04 bits per heavy atom. The molecule has 144 valence electrons. The lowest BCUT2D eigenvalue weighted by molar-refractivity contribution is 0.176. The van der Waals surface area contributed by atoms with Gasteiger partial charge in [-0.1, -0.05) is 23.4 Å². The van der Waals surface area contributed by atoms with Crippen molar-refractivity contribution in [2.45, 2.75) is 44.4 Å². The van der Waals surface area contributed by atoms with Gasteiger partial charge in [-0.25, -0.2) is 0 Å². The van der Waals surface area contributed by atoms with Gasteiger partial charge in [0.1, 0.15) is 5.75 Å². The fourth-order valence-corrected chi connectivity index (χ4v) is 5.29. The number of thioether (sulfide) groups is 1. The molecule has 2 saturated heterocycles. The summed E-state index contributed by atoms with van der Waals surface area (Å²) in [6.45, 7) is 8.32. The summed E-state index contributed by atoms with van der Waals surface area (Å²) in [5.41, 5.74) is 1.19. The van der Waals surface area contributed by atoms with Gasteiger partial charge in [-0.15, -0.1) is 0 Å². The molecule has 2 aliphatic heterocycles. The van der Waals surface area contributed by atoms with Gasteiger partial charge in [0.25, 0.3) is 5.24 Å². The van der Waals surface area contributed by atoms with Crippen molar-refractivity contribution in [1.29, 1.82) is 0 Å². The molecule has 1 aromatic rings. The number of carbonyl (C=O) groups is 1. The van der Waals surface area contributed by atoms with E-state index in [4.69, 9.17) is 16.3 Å². The lowest BCUT2D eigenvalue weighted by atomic mass is 9.90. The third-order valence-electron chi connectivity index (χ3n) is 5.46. The number of methoxy groups -OCH3 is 1. The Hall–Kier alpha value is -0.910. The van der Waals surface area contributed by atoms with Gasteiger partial charge in [0.05, 0.1) is 7.11 Å². The van der Waals surface area contributed by atoms with Crippen molar-refractivity contribution in [1.82, 2.24) is 9.80 Å². The highest BCUT2D eigenvalue weighted by Crippen LogP contribution is 2.31. The van der Waals surface area contributed by atoms with Crippen LogP contribution in [0.15, 0.2) is 18.2 Å². The molecule has 2 aliphatic rings. The number of hydrogen-bond donors (Lipinski definition) is 0. The molecule has 2 heterocycles. The molecular formula is C20H29ClN2O2S. The fourth-order valence-electron chi connectivity index (χ4n) is 3.86. The maximum Gasteiger partial charge on any atom is 0.282 e. The Bertz CT molecular complexity index is 632. The van der Waals surface area contributed by atoms with E-state index in [0.29, 0.717) is 17.2 Å². The Labute approximate surface area is 166 Å². The zero-order valence-electron chi connectivity index (χ0n) is 15.9. The topological polar surface area (TPSA) is 32.8 Å². The summed E-state index contributed by atoms with van der Waals surface area (Å²) in [6, 6.07) is 6.21. The quantitative estimate of drug-likeness (QED) is 0.706. The number of hydrogen-bond acceptors (Lipinski definition) is 4. The van der Waals surface area contributed by atoms with E-state index in [1.54, 1.807) is 7.11 Å². The zero-order valence-corrected chi connectivity index (χ0v) is 17.5. The number of halogens is 1. The van der Waals surface area contributed by atoms with Gasteiger partial charge in [-0.2, -0.15) is 0 Å². The third kappa shape index (κ3) is 4.87. The number of carbonyl (C=O) groups excluding carboxylic acids is 1. The molecule has 0 N–H and O–H groups in total. The molecule has 1 unspecified atom stereocenters. The molecule has 0 aromatic heterocycles. The van der Waals surface area contributed by atoms with E-state index in [1.807, 2.05) is 17.0 Å². The van der Waals surface area contributed by atoms with Crippen LogP contribution in [0.3, 0.4) is 0 Å². The lowest BCUT2D eigenvalue weighted by Gasteiger charge is -2.33. The minimum atomic E-state index is 0.243. The Morgan fingerprint density at radius 1 is 1.31 bits per heavy atom. The number of rotatable bonds is 6. The van der Waals surface area contributed by atoms with Crippen molar-refractivity contribution < 1.29 is 9.53 Å². The Balaban J connectivity index is 1.47. The molecule has 6 heteroatoms. The highest BCUT2D eigenvalue weighted by atomic mass is 35.5. The molecular weight excluding hydrogens is 368 g/mol. The van der Waals surface area contributed by atoms with Crippen LogP contribution >= 0.6 is 23.4 Å². The largest absolute Gasteiger partial charge is 0.497 e. The predicted octanol–water partition coefficient (Wildman–Crippen LogP) is 4.55. The van der Waals surface area contributed by atoms with Gasteiger partial charge < -0.3 is 14.5 Å². The molecule has 0 radical (unpaired) electrons. The molecule has 0 saturated carbocycles. The average molecular weight is 397 g/mol. The summed E-state index contributed by atoms with van der Waals surface area (Å²) < 4.78 is 5.32. The van der Waals surface area contributed by atoms with Gasteiger partial charge in [0.2, 0.25) is 0 Å². The second-order valence-electron chi connectivity index (χ2n) is 7.66. The van der Waals surface area contributed by atoms with E-state index in [-0.39, 0.29) is 5.24 Å². The summed E-state index contributed by atoms with van der Waals surface area (Å²) in [6.07, 6.45) is 3.39. The standard InChI is InChI=1S/C20H29ClN2O2S/c1-14(2)23-13-18(26-20(23)24)12-22-8-6-15(7-9-22)10-16-11-17(25-3)4-5-19(16)21/h4-5,11,14-15,18H,6-10,12-13H2,1-3H3. The van der Waals surface area contributed by atoms with E-state index < -0.39 is 0 Å². The molecule has 26 heavy (non-hydrogen) atoms. The van der Waals surface area contributed by atoms with Gasteiger partial charge in [0, 0.05) is 29.4 Å². The highest BCUT2D eigenvalue weighted by Gasteiger charge is 2.33. The summed E-state index contributed by atoms with van der Waals surface area (Å²) in [4.78, 5) is 16.6. The van der Waals surface area contributed by atoms with Crippen LogP contribution in [0.1, 0.15) is 32.3 Å². The minimum Gasteiger partial charge on any atom is -0.497 e. The summed E-state index contributed by atoms with van der Waals surface area (Å²) in [7, 11) is 1.69. The van der Waals surface area contributed by atoms with Crippen LogP contribution in [0, 0.1) is 5.92 Å². The van der Waals surface area contributed by atoms with Crippen LogP contribution in [0.5, 0.6) is 5.75 Å². The van der Waals surface area contributed by atoms with Gasteiger partial charge in [-0.05, 0) is 75.9 Å². The first-order valence-electron chi connectivity index (χ1n) is 9.48. The van der Waals surface area contributed by atoms with Crippen LogP contribution in [0.25, 0.3) is 0 Å². The number of likely N-dealkylation sites (tertiary alicyclic amines) is 1. The third-order valence-corrected chi connectivity index (χ3v) is 6.89. The van der Waals surface area contributed by atoms with Gasteiger partial charge in [0.15, 0.2) is 0 Å². The number of benzene rings is 1. The van der Waals surface area contributed by atoms with Crippen molar-refractivity contribution in [3.63, 3.8) is 0 Å². The second kappa shape index (κ2) is 8.85. The van der Waals surface area contributed by atoms with Crippen molar-refractivity contribution in [2.24, 2.45) is 5.92 Å². The Kier molecular flexibility index (Phi) is 6.76. The van der Waals surface area contributed by atoms with Crippen molar-refractivity contribution >= 4 is 28.6 Å². The van der Waals surface area contributed by atoms with E-state index in [0.717, 1.165) is 43.4 Å². The van der Waals surface area contributed by atoms with Gasteiger partial charge in [-0.3, -0.25) is 4.79 Å². The monoisotopic (exact) mass is 396 g/mol. The maximum atomic E-state index is 12.1. The van der Waals surface area contributed by atoms with Crippen LogP contribution in [0.2, 0.25) is 5.02 Å². The first kappa shape index (κ1) is 19.8. The van der Waals surface area contributed by atoms with Crippen molar-refractivity contribution in [3.8, 4) is 5.75 Å². The van der Waals surface area contributed by atoms with E-state index >= 15 is 0 Å².